The number of carbonyl (C=O) groups is 1. The molecule has 1 aromatic carbocycles. The fourth-order valence-electron chi connectivity index (χ4n) is 1.95. The lowest BCUT2D eigenvalue weighted by Gasteiger charge is -2.29. The van der Waals surface area contributed by atoms with E-state index in [-0.39, 0.29) is 23.7 Å². The third-order valence-electron chi connectivity index (χ3n) is 3.87. The molecule has 3 nitrogen and oxygen atoms in total. The number of aliphatic hydroxyl groups excluding tert-OH is 1. The third kappa shape index (κ3) is 3.96. The van der Waals surface area contributed by atoms with Gasteiger partial charge in [-0.3, -0.25) is 4.79 Å². The molecule has 0 aromatic heterocycles. The topological polar surface area (TPSA) is 49.3 Å². The van der Waals surface area contributed by atoms with E-state index in [1.165, 1.54) is 23.9 Å². The molecule has 0 aliphatic rings. The van der Waals surface area contributed by atoms with Crippen molar-refractivity contribution in [3.63, 3.8) is 0 Å². The van der Waals surface area contributed by atoms with Gasteiger partial charge < -0.3 is 10.4 Å². The fraction of sp³-hybridized carbons (Fsp3) is 0.533. The summed E-state index contributed by atoms with van der Waals surface area (Å²) in [5.74, 6) is -0.555. The highest BCUT2D eigenvalue weighted by atomic mass is 32.2. The number of hydrogen-bond donors (Lipinski definition) is 2. The maximum Gasteiger partial charge on any atom is 0.251 e. The Morgan fingerprint density at radius 3 is 2.55 bits per heavy atom. The first-order chi connectivity index (χ1) is 9.51. The van der Waals surface area contributed by atoms with Crippen LogP contribution in [0.3, 0.4) is 0 Å². The van der Waals surface area contributed by atoms with E-state index in [1.54, 1.807) is 12.3 Å². The molecule has 0 atom stereocenters. The number of thioether (sulfide) groups is 1. The lowest BCUT2D eigenvalue weighted by atomic mass is 9.83. The van der Waals surface area contributed by atoms with Crippen LogP contribution in [-0.2, 0) is 0 Å². The maximum atomic E-state index is 13.4. The van der Waals surface area contributed by atoms with Crippen LogP contribution in [0.4, 0.5) is 4.39 Å². The highest BCUT2D eigenvalue weighted by molar-refractivity contribution is 7.98. The molecule has 20 heavy (non-hydrogen) atoms. The van der Waals surface area contributed by atoms with Gasteiger partial charge in [0.25, 0.3) is 5.91 Å². The van der Waals surface area contributed by atoms with Crippen LogP contribution in [0.2, 0.25) is 0 Å². The molecule has 0 aliphatic heterocycles. The van der Waals surface area contributed by atoms with Gasteiger partial charge in [-0.15, -0.1) is 11.8 Å². The van der Waals surface area contributed by atoms with Gasteiger partial charge in [-0.1, -0.05) is 13.8 Å². The Labute approximate surface area is 124 Å². The number of halogens is 1. The number of carbonyl (C=O) groups excluding carboxylic acids is 1. The maximum absolute atomic E-state index is 13.4. The minimum Gasteiger partial charge on any atom is -0.396 e. The number of rotatable bonds is 7. The van der Waals surface area contributed by atoms with Crippen LogP contribution in [-0.4, -0.2) is 30.4 Å². The number of nitrogens with one attached hydrogen (secondary N) is 1. The van der Waals surface area contributed by atoms with Gasteiger partial charge in [-0.25, -0.2) is 4.39 Å². The molecule has 5 heteroatoms. The molecule has 1 rings (SSSR count). The van der Waals surface area contributed by atoms with Gasteiger partial charge in [0, 0.05) is 22.4 Å². The molecule has 0 aliphatic carbocycles. The van der Waals surface area contributed by atoms with Crippen molar-refractivity contribution in [3.8, 4) is 0 Å². The third-order valence-corrected chi connectivity index (χ3v) is 4.63. The fourth-order valence-corrected chi connectivity index (χ4v) is 2.46. The summed E-state index contributed by atoms with van der Waals surface area (Å²) in [4.78, 5) is 12.5. The average Bonchev–Trinajstić information content (AvgIpc) is 2.49. The average molecular weight is 299 g/mol. The van der Waals surface area contributed by atoms with E-state index < -0.39 is 0 Å². The van der Waals surface area contributed by atoms with Crippen LogP contribution < -0.4 is 5.32 Å². The minimum atomic E-state index is -0.319. The smallest absolute Gasteiger partial charge is 0.251 e. The van der Waals surface area contributed by atoms with Crippen LogP contribution in [0.5, 0.6) is 0 Å². The first kappa shape index (κ1) is 17.0. The first-order valence-electron chi connectivity index (χ1n) is 6.74. The van der Waals surface area contributed by atoms with Gasteiger partial charge in [-0.2, -0.15) is 0 Å². The number of benzene rings is 1. The molecule has 0 heterocycles. The lowest BCUT2D eigenvalue weighted by molar-refractivity contribution is 0.0851. The number of amides is 1. The summed E-state index contributed by atoms with van der Waals surface area (Å²) < 4.78 is 13.4. The normalized spacial score (nSPS) is 11.4. The Morgan fingerprint density at radius 2 is 2.05 bits per heavy atom. The number of aliphatic hydroxyl groups is 1. The zero-order chi connectivity index (χ0) is 15.2. The van der Waals surface area contributed by atoms with E-state index in [9.17, 15) is 14.3 Å². The van der Waals surface area contributed by atoms with Crippen molar-refractivity contribution >= 4 is 17.7 Å². The summed E-state index contributed by atoms with van der Waals surface area (Å²) in [6.45, 7) is 4.45. The van der Waals surface area contributed by atoms with E-state index in [1.807, 2.05) is 13.8 Å². The Morgan fingerprint density at radius 1 is 1.40 bits per heavy atom. The van der Waals surface area contributed by atoms with Gasteiger partial charge >= 0.3 is 0 Å². The summed E-state index contributed by atoms with van der Waals surface area (Å²) in [6, 6.07) is 4.33. The molecule has 0 fully saturated rings. The first-order valence-corrected chi connectivity index (χ1v) is 7.97. The van der Waals surface area contributed by atoms with Gasteiger partial charge in [0.2, 0.25) is 0 Å². The summed E-state index contributed by atoms with van der Waals surface area (Å²) in [7, 11) is 0. The zero-order valence-corrected chi connectivity index (χ0v) is 13.0. The van der Waals surface area contributed by atoms with Gasteiger partial charge in [0.05, 0.1) is 6.61 Å². The zero-order valence-electron chi connectivity index (χ0n) is 12.2. The molecular formula is C15H22FNO2S. The highest BCUT2D eigenvalue weighted by Gasteiger charge is 2.26. The van der Waals surface area contributed by atoms with Crippen molar-refractivity contribution < 1.29 is 14.3 Å². The highest BCUT2D eigenvalue weighted by Crippen LogP contribution is 2.25. The SMILES string of the molecule is CCC(CC)(CO)CNC(=O)c1ccc(F)c(SC)c1. The molecule has 0 radical (unpaired) electrons. The van der Waals surface area contributed by atoms with Gasteiger partial charge in [-0.05, 0) is 37.3 Å². The summed E-state index contributed by atoms with van der Waals surface area (Å²) in [5, 5.41) is 12.3. The van der Waals surface area contributed by atoms with Crippen LogP contribution >= 0.6 is 11.8 Å². The van der Waals surface area contributed by atoms with E-state index in [4.69, 9.17) is 0 Å². The Balaban J connectivity index is 2.76. The predicted octanol–water partition coefficient (Wildman–Crippen LogP) is 3.08. The molecule has 0 saturated heterocycles. The summed E-state index contributed by atoms with van der Waals surface area (Å²) >= 11 is 1.27. The summed E-state index contributed by atoms with van der Waals surface area (Å²) in [5.41, 5.74) is 0.160. The molecule has 1 amide bonds. The molecule has 0 spiro atoms. The molecule has 0 bridgehead atoms. The summed E-state index contributed by atoms with van der Waals surface area (Å²) in [6.07, 6.45) is 3.35. The van der Waals surface area contributed by atoms with Crippen LogP contribution in [0.1, 0.15) is 37.0 Å². The van der Waals surface area contributed by atoms with Crippen LogP contribution in [0, 0.1) is 11.2 Å². The van der Waals surface area contributed by atoms with E-state index in [0.717, 1.165) is 12.8 Å². The predicted molar refractivity (Wildman–Crippen MR) is 80.6 cm³/mol. The monoisotopic (exact) mass is 299 g/mol. The van der Waals surface area contributed by atoms with Gasteiger partial charge in [0.15, 0.2) is 0 Å². The van der Waals surface area contributed by atoms with Crippen LogP contribution in [0.25, 0.3) is 0 Å². The molecule has 0 saturated carbocycles. The van der Waals surface area contributed by atoms with Crippen molar-refractivity contribution in [1.29, 1.82) is 0 Å². The molecule has 1 aromatic rings. The lowest BCUT2D eigenvalue weighted by Crippen LogP contribution is -2.39. The van der Waals surface area contributed by atoms with Crippen molar-refractivity contribution in [2.45, 2.75) is 31.6 Å². The van der Waals surface area contributed by atoms with Crippen molar-refractivity contribution in [2.75, 3.05) is 19.4 Å². The molecule has 112 valence electrons. The van der Waals surface area contributed by atoms with E-state index in [0.29, 0.717) is 17.0 Å². The second kappa shape index (κ2) is 7.64. The molecular weight excluding hydrogens is 277 g/mol. The minimum absolute atomic E-state index is 0.0414. The van der Waals surface area contributed by atoms with Crippen molar-refractivity contribution in [3.05, 3.63) is 29.6 Å². The Hall–Kier alpha value is -1.07. The van der Waals surface area contributed by atoms with Crippen molar-refractivity contribution in [2.24, 2.45) is 5.41 Å². The Bertz CT molecular complexity index is 453. The molecule has 0 unspecified atom stereocenters. The standard InChI is InChI=1S/C15H22FNO2S/c1-4-15(5-2,10-18)9-17-14(19)11-6-7-12(16)13(8-11)20-3/h6-8,18H,4-5,9-10H2,1-3H3,(H,17,19). The Kier molecular flexibility index (Phi) is 6.49. The van der Waals surface area contributed by atoms with Crippen molar-refractivity contribution in [1.82, 2.24) is 5.32 Å². The molecule has 2 N–H and O–H groups in total. The second-order valence-corrected chi connectivity index (χ2v) is 5.75. The largest absolute Gasteiger partial charge is 0.396 e. The number of hydrogen-bond acceptors (Lipinski definition) is 3. The van der Waals surface area contributed by atoms with Crippen LogP contribution in [0.15, 0.2) is 23.1 Å². The van der Waals surface area contributed by atoms with E-state index >= 15 is 0 Å². The van der Waals surface area contributed by atoms with E-state index in [2.05, 4.69) is 5.32 Å². The van der Waals surface area contributed by atoms with Gasteiger partial charge in [0.1, 0.15) is 5.82 Å². The second-order valence-electron chi connectivity index (χ2n) is 4.90. The quantitative estimate of drug-likeness (QED) is 0.761.